The number of nitro groups is 1. The molecule has 0 bridgehead atoms. The number of benzene rings is 2. The van der Waals surface area contributed by atoms with Gasteiger partial charge in [0.05, 0.1) is 12.0 Å². The predicted molar refractivity (Wildman–Crippen MR) is 124 cm³/mol. The monoisotopic (exact) mass is 483 g/mol. The predicted octanol–water partition coefficient (Wildman–Crippen LogP) is 4.30. The minimum Gasteiger partial charge on any atom is -0.493 e. The molecular formula is C21H17N5O5S2. The third-order valence-electron chi connectivity index (χ3n) is 4.22. The lowest BCUT2D eigenvalue weighted by Crippen LogP contribution is -2.13. The first-order valence-electron chi connectivity index (χ1n) is 9.28. The number of methoxy groups -OCH3 is 1. The Bertz CT molecular complexity index is 1230. The molecule has 0 saturated carbocycles. The highest BCUT2D eigenvalue weighted by molar-refractivity contribution is 7.98. The lowest BCUT2D eigenvalue weighted by molar-refractivity contribution is -0.384. The number of nitrogens with zero attached hydrogens (tertiary/aromatic N) is 4. The van der Waals surface area contributed by atoms with Crippen LogP contribution in [0.1, 0.15) is 11.1 Å². The molecule has 0 fully saturated rings. The summed E-state index contributed by atoms with van der Waals surface area (Å²) in [5.41, 5.74) is 1.19. The number of anilines is 1. The molecule has 2 aromatic carbocycles. The summed E-state index contributed by atoms with van der Waals surface area (Å²) in [5, 5.41) is 23.6. The SMILES string of the molecule is COc1cc(C=C(C#N)C(=O)Nc2nc(SC)ns2)ccc1OCc1ccc([N+](=O)[O-])cc1. The molecule has 0 atom stereocenters. The number of hydrogen-bond acceptors (Lipinski definition) is 10. The number of aromatic nitrogens is 2. The molecule has 168 valence electrons. The van der Waals surface area contributed by atoms with E-state index < -0.39 is 10.8 Å². The minimum absolute atomic E-state index is 0.000574. The van der Waals surface area contributed by atoms with Crippen LogP contribution in [0, 0.1) is 21.4 Å². The summed E-state index contributed by atoms with van der Waals surface area (Å²) in [6.07, 6.45) is 3.25. The van der Waals surface area contributed by atoms with Crippen LogP contribution in [0.15, 0.2) is 53.2 Å². The highest BCUT2D eigenvalue weighted by atomic mass is 32.2. The number of non-ortho nitro benzene ring substituents is 1. The number of carbonyl (C=O) groups is 1. The van der Waals surface area contributed by atoms with E-state index >= 15 is 0 Å². The molecular weight excluding hydrogens is 466 g/mol. The Morgan fingerprint density at radius 3 is 2.67 bits per heavy atom. The third-order valence-corrected chi connectivity index (χ3v) is 5.51. The van der Waals surface area contributed by atoms with Gasteiger partial charge in [0.2, 0.25) is 10.3 Å². The first kappa shape index (κ1) is 23.7. The molecule has 3 rings (SSSR count). The largest absolute Gasteiger partial charge is 0.493 e. The van der Waals surface area contributed by atoms with Gasteiger partial charge in [0.15, 0.2) is 11.5 Å². The van der Waals surface area contributed by atoms with Crippen molar-refractivity contribution in [2.45, 2.75) is 11.8 Å². The number of hydrogen-bond donors (Lipinski definition) is 1. The Labute approximate surface area is 197 Å². The zero-order valence-corrected chi connectivity index (χ0v) is 19.1. The van der Waals surface area contributed by atoms with Crippen molar-refractivity contribution in [3.05, 3.63) is 69.3 Å². The van der Waals surface area contributed by atoms with Crippen molar-refractivity contribution in [2.75, 3.05) is 18.7 Å². The Balaban J connectivity index is 1.71. The van der Waals surface area contributed by atoms with Crippen LogP contribution in [0.5, 0.6) is 11.5 Å². The van der Waals surface area contributed by atoms with E-state index in [1.165, 1.54) is 37.1 Å². The topological polar surface area (TPSA) is 140 Å². The van der Waals surface area contributed by atoms with Gasteiger partial charge in [-0.3, -0.25) is 20.2 Å². The van der Waals surface area contributed by atoms with Gasteiger partial charge in [0.1, 0.15) is 18.2 Å². The van der Waals surface area contributed by atoms with Crippen molar-refractivity contribution in [2.24, 2.45) is 0 Å². The lowest BCUT2D eigenvalue weighted by Gasteiger charge is -2.11. The summed E-state index contributed by atoms with van der Waals surface area (Å²) >= 11 is 2.38. The smallest absolute Gasteiger partial charge is 0.269 e. The molecule has 0 aliphatic rings. The number of ether oxygens (including phenoxy) is 2. The van der Waals surface area contributed by atoms with E-state index in [1.807, 2.05) is 12.3 Å². The molecule has 0 saturated heterocycles. The molecule has 0 aliphatic carbocycles. The van der Waals surface area contributed by atoms with Crippen LogP contribution >= 0.6 is 23.3 Å². The van der Waals surface area contributed by atoms with Gasteiger partial charge in [-0.2, -0.15) is 14.6 Å². The highest BCUT2D eigenvalue weighted by Gasteiger charge is 2.14. The van der Waals surface area contributed by atoms with Crippen molar-refractivity contribution in [1.82, 2.24) is 9.36 Å². The summed E-state index contributed by atoms with van der Waals surface area (Å²) < 4.78 is 15.2. The van der Waals surface area contributed by atoms with Crippen molar-refractivity contribution < 1.29 is 19.2 Å². The summed E-state index contributed by atoms with van der Waals surface area (Å²) in [6, 6.07) is 12.9. The van der Waals surface area contributed by atoms with Gasteiger partial charge >= 0.3 is 0 Å². The van der Waals surface area contributed by atoms with E-state index in [-0.39, 0.29) is 17.9 Å². The molecule has 0 spiro atoms. The highest BCUT2D eigenvalue weighted by Crippen LogP contribution is 2.30. The van der Waals surface area contributed by atoms with Gasteiger partial charge in [-0.1, -0.05) is 17.8 Å². The van der Waals surface area contributed by atoms with Gasteiger partial charge in [-0.25, -0.2) is 0 Å². The van der Waals surface area contributed by atoms with E-state index in [9.17, 15) is 20.2 Å². The summed E-state index contributed by atoms with van der Waals surface area (Å²) in [6.45, 7) is 0.176. The molecule has 3 aromatic rings. The van der Waals surface area contributed by atoms with Crippen LogP contribution in [0.3, 0.4) is 0 Å². The number of nitro benzene ring substituents is 1. The van der Waals surface area contributed by atoms with Crippen LogP contribution in [-0.2, 0) is 11.4 Å². The van der Waals surface area contributed by atoms with Crippen LogP contribution in [0.25, 0.3) is 6.08 Å². The normalized spacial score (nSPS) is 10.9. The van der Waals surface area contributed by atoms with Gasteiger partial charge in [0.25, 0.3) is 11.6 Å². The molecule has 1 aromatic heterocycles. The molecule has 1 heterocycles. The van der Waals surface area contributed by atoms with E-state index in [0.717, 1.165) is 17.1 Å². The second-order valence-electron chi connectivity index (χ2n) is 6.33. The van der Waals surface area contributed by atoms with Crippen LogP contribution < -0.4 is 14.8 Å². The fourth-order valence-corrected chi connectivity index (χ4v) is 3.71. The van der Waals surface area contributed by atoms with Crippen LogP contribution in [-0.4, -0.2) is 33.6 Å². The maximum Gasteiger partial charge on any atom is 0.269 e. The van der Waals surface area contributed by atoms with Gasteiger partial charge in [0, 0.05) is 23.7 Å². The Morgan fingerprint density at radius 1 is 1.30 bits per heavy atom. The van der Waals surface area contributed by atoms with Crippen LogP contribution in [0.2, 0.25) is 0 Å². The number of amides is 1. The van der Waals surface area contributed by atoms with E-state index in [1.54, 1.807) is 30.3 Å². The van der Waals surface area contributed by atoms with Gasteiger partial charge < -0.3 is 9.47 Å². The summed E-state index contributed by atoms with van der Waals surface area (Å²) in [4.78, 5) is 26.8. The average Bonchev–Trinajstić information content (AvgIpc) is 3.29. The number of nitriles is 1. The quantitative estimate of drug-likeness (QED) is 0.155. The second-order valence-corrected chi connectivity index (χ2v) is 7.86. The first-order valence-corrected chi connectivity index (χ1v) is 11.3. The molecule has 0 radical (unpaired) electrons. The van der Waals surface area contributed by atoms with Gasteiger partial charge in [-0.15, -0.1) is 0 Å². The maximum atomic E-state index is 12.4. The fraction of sp³-hybridized carbons (Fsp3) is 0.143. The van der Waals surface area contributed by atoms with Crippen molar-refractivity contribution in [1.29, 1.82) is 5.26 Å². The average molecular weight is 484 g/mol. The number of nitrogens with one attached hydrogen (secondary N) is 1. The standard InChI is InChI=1S/C21H17N5O5S2/c1-30-18-10-14(9-15(11-22)19(27)23-20-24-21(32-2)25-33-20)5-8-17(18)31-12-13-3-6-16(7-4-13)26(28)29/h3-10H,12H2,1-2H3,(H,23,24,25,27). The van der Waals surface area contributed by atoms with E-state index in [4.69, 9.17) is 9.47 Å². The van der Waals surface area contributed by atoms with Crippen molar-refractivity contribution >= 4 is 46.1 Å². The van der Waals surface area contributed by atoms with Crippen molar-refractivity contribution in [3.63, 3.8) is 0 Å². The molecule has 10 nitrogen and oxygen atoms in total. The van der Waals surface area contributed by atoms with Gasteiger partial charge in [-0.05, 0) is 47.7 Å². The Hall–Kier alpha value is -3.95. The Morgan fingerprint density at radius 2 is 2.06 bits per heavy atom. The number of carbonyl (C=O) groups excluding carboxylic acids is 1. The van der Waals surface area contributed by atoms with Crippen LogP contribution in [0.4, 0.5) is 10.8 Å². The van der Waals surface area contributed by atoms with E-state index in [2.05, 4.69) is 14.7 Å². The zero-order valence-electron chi connectivity index (χ0n) is 17.5. The summed E-state index contributed by atoms with van der Waals surface area (Å²) in [7, 11) is 1.47. The third kappa shape index (κ3) is 6.28. The number of thioether (sulfide) groups is 1. The Kier molecular flexibility index (Phi) is 7.96. The molecule has 1 amide bonds. The second kappa shape index (κ2) is 11.1. The van der Waals surface area contributed by atoms with E-state index in [0.29, 0.717) is 27.4 Å². The molecule has 0 unspecified atom stereocenters. The molecule has 12 heteroatoms. The molecule has 0 aliphatic heterocycles. The van der Waals surface area contributed by atoms with Crippen molar-refractivity contribution in [3.8, 4) is 17.6 Å². The minimum atomic E-state index is -0.598. The molecule has 1 N–H and O–H groups in total. The first-order chi connectivity index (χ1) is 15.9. The summed E-state index contributed by atoms with van der Waals surface area (Å²) in [5.74, 6) is 0.241. The maximum absolute atomic E-state index is 12.4. The molecule has 33 heavy (non-hydrogen) atoms. The fourth-order valence-electron chi connectivity index (χ4n) is 2.59. The zero-order chi connectivity index (χ0) is 23.8. The number of rotatable bonds is 9. The lowest BCUT2D eigenvalue weighted by atomic mass is 10.1.